The maximum Gasteiger partial charge on any atom is 0.287 e. The predicted molar refractivity (Wildman–Crippen MR) is 105 cm³/mol. The fourth-order valence-corrected chi connectivity index (χ4v) is 3.81. The average Bonchev–Trinajstić information content (AvgIpc) is 3.08. The average molecular weight is 381 g/mol. The van der Waals surface area contributed by atoms with Gasteiger partial charge in [0.25, 0.3) is 5.91 Å². The molecular weight excluding hydrogens is 356 g/mol. The zero-order valence-corrected chi connectivity index (χ0v) is 16.1. The monoisotopic (exact) mass is 380 g/mol. The van der Waals surface area contributed by atoms with E-state index in [4.69, 9.17) is 4.42 Å². The minimum atomic E-state index is -0.108. The van der Waals surface area contributed by atoms with Gasteiger partial charge in [-0.3, -0.25) is 4.79 Å². The zero-order valence-electron chi connectivity index (χ0n) is 14.4. The van der Waals surface area contributed by atoms with Gasteiger partial charge in [-0.25, -0.2) is 0 Å². The molecule has 0 spiro atoms. The van der Waals surface area contributed by atoms with E-state index in [2.05, 4.69) is 29.7 Å². The Morgan fingerprint density at radius 3 is 2.68 bits per heavy atom. The lowest BCUT2D eigenvalue weighted by molar-refractivity contribution is 0.0893. The Bertz CT molecular complexity index is 669. The minimum absolute atomic E-state index is 0. The Balaban J connectivity index is 0.00000225. The van der Waals surface area contributed by atoms with Crippen LogP contribution in [0.15, 0.2) is 52.0 Å². The molecule has 4 nitrogen and oxygen atoms in total. The van der Waals surface area contributed by atoms with Gasteiger partial charge in [-0.05, 0) is 49.5 Å². The van der Waals surface area contributed by atoms with Crippen molar-refractivity contribution in [3.05, 3.63) is 54.0 Å². The van der Waals surface area contributed by atoms with E-state index in [0.29, 0.717) is 12.3 Å². The van der Waals surface area contributed by atoms with Gasteiger partial charge in [0.15, 0.2) is 5.76 Å². The summed E-state index contributed by atoms with van der Waals surface area (Å²) in [4.78, 5) is 13.7. The van der Waals surface area contributed by atoms with Crippen molar-refractivity contribution < 1.29 is 9.21 Å². The number of benzene rings is 1. The number of thioether (sulfide) groups is 1. The van der Waals surface area contributed by atoms with Crippen molar-refractivity contribution in [2.75, 3.05) is 19.6 Å². The normalized spacial score (nSPS) is 16.0. The van der Waals surface area contributed by atoms with E-state index in [1.54, 1.807) is 18.0 Å². The predicted octanol–water partition coefficient (Wildman–Crippen LogP) is 4.11. The fourth-order valence-electron chi connectivity index (χ4n) is 2.91. The number of amides is 1. The highest BCUT2D eigenvalue weighted by molar-refractivity contribution is 7.98. The molecule has 0 radical (unpaired) electrons. The largest absolute Gasteiger partial charge is 0.459 e. The summed E-state index contributed by atoms with van der Waals surface area (Å²) < 4.78 is 5.45. The number of piperidine rings is 1. The second-order valence-electron chi connectivity index (χ2n) is 6.62. The van der Waals surface area contributed by atoms with Crippen LogP contribution in [0, 0.1) is 5.41 Å². The molecular formula is C19H25ClN2O2S. The molecule has 1 amide bonds. The highest BCUT2D eigenvalue weighted by Crippen LogP contribution is 2.28. The van der Waals surface area contributed by atoms with Gasteiger partial charge in [0, 0.05) is 22.8 Å². The molecule has 2 aromatic rings. The molecule has 25 heavy (non-hydrogen) atoms. The van der Waals surface area contributed by atoms with E-state index in [0.717, 1.165) is 37.2 Å². The fraction of sp³-hybridized carbons (Fsp3) is 0.421. The van der Waals surface area contributed by atoms with Gasteiger partial charge in [0.2, 0.25) is 0 Å². The van der Waals surface area contributed by atoms with Crippen LogP contribution in [0.4, 0.5) is 0 Å². The molecule has 1 saturated heterocycles. The molecule has 1 aliphatic rings. The number of furan rings is 1. The molecule has 136 valence electrons. The maximum atomic E-state index is 12.5. The molecule has 2 N–H and O–H groups in total. The first-order valence-corrected chi connectivity index (χ1v) is 9.38. The molecule has 2 heterocycles. The number of carbonyl (C=O) groups is 1. The Kier molecular flexibility index (Phi) is 7.41. The first-order valence-electron chi connectivity index (χ1n) is 8.39. The molecule has 0 aliphatic carbocycles. The lowest BCUT2D eigenvalue weighted by Gasteiger charge is -2.34. The van der Waals surface area contributed by atoms with Crippen LogP contribution >= 0.6 is 24.2 Å². The van der Waals surface area contributed by atoms with E-state index in [1.165, 1.54) is 4.90 Å². The summed E-state index contributed by atoms with van der Waals surface area (Å²) in [5, 5.41) is 6.43. The summed E-state index contributed by atoms with van der Waals surface area (Å²) in [6, 6.07) is 12.1. The van der Waals surface area contributed by atoms with Crippen molar-refractivity contribution in [3.8, 4) is 0 Å². The highest BCUT2D eigenvalue weighted by Gasteiger charge is 2.28. The summed E-state index contributed by atoms with van der Waals surface area (Å²) in [6.07, 6.45) is 3.77. The van der Waals surface area contributed by atoms with Crippen molar-refractivity contribution in [1.82, 2.24) is 10.6 Å². The molecule has 0 unspecified atom stereocenters. The lowest BCUT2D eigenvalue weighted by atomic mass is 9.81. The van der Waals surface area contributed by atoms with Crippen LogP contribution < -0.4 is 10.6 Å². The molecule has 0 saturated carbocycles. The smallest absolute Gasteiger partial charge is 0.287 e. The number of hydrogen-bond donors (Lipinski definition) is 2. The Morgan fingerprint density at radius 1 is 1.24 bits per heavy atom. The molecule has 1 aromatic heterocycles. The summed E-state index contributed by atoms with van der Waals surface area (Å²) in [7, 11) is 0. The number of rotatable bonds is 6. The number of halogens is 1. The van der Waals surface area contributed by atoms with Gasteiger partial charge in [0.05, 0.1) is 6.26 Å². The van der Waals surface area contributed by atoms with Crippen molar-refractivity contribution in [2.45, 2.75) is 30.4 Å². The van der Waals surface area contributed by atoms with Crippen LogP contribution in [0.1, 0.15) is 35.9 Å². The van der Waals surface area contributed by atoms with Crippen LogP contribution in [0.5, 0.6) is 0 Å². The first kappa shape index (κ1) is 19.9. The summed E-state index contributed by atoms with van der Waals surface area (Å²) >= 11 is 1.71. The van der Waals surface area contributed by atoms with Crippen LogP contribution in [0.2, 0.25) is 0 Å². The van der Waals surface area contributed by atoms with Gasteiger partial charge in [-0.1, -0.05) is 25.1 Å². The quantitative estimate of drug-likeness (QED) is 0.740. The van der Waals surface area contributed by atoms with E-state index in [1.807, 2.05) is 24.3 Å². The van der Waals surface area contributed by atoms with Gasteiger partial charge in [-0.2, -0.15) is 0 Å². The van der Waals surface area contributed by atoms with Gasteiger partial charge in [0.1, 0.15) is 0 Å². The third-order valence-electron chi connectivity index (χ3n) is 4.58. The molecule has 3 rings (SSSR count). The van der Waals surface area contributed by atoms with Crippen LogP contribution in [-0.2, 0) is 5.75 Å². The highest BCUT2D eigenvalue weighted by atomic mass is 35.5. The van der Waals surface area contributed by atoms with Crippen molar-refractivity contribution in [2.24, 2.45) is 5.41 Å². The third kappa shape index (κ3) is 5.53. The maximum absolute atomic E-state index is 12.5. The Labute approximate surface area is 159 Å². The Morgan fingerprint density at radius 2 is 1.96 bits per heavy atom. The van der Waals surface area contributed by atoms with Gasteiger partial charge in [-0.15, -0.1) is 24.2 Å². The number of carbonyl (C=O) groups excluding carboxylic acids is 1. The van der Waals surface area contributed by atoms with Crippen LogP contribution in [0.3, 0.4) is 0 Å². The van der Waals surface area contributed by atoms with E-state index >= 15 is 0 Å². The second-order valence-corrected chi connectivity index (χ2v) is 7.67. The summed E-state index contributed by atoms with van der Waals surface area (Å²) in [6.45, 7) is 4.97. The summed E-state index contributed by atoms with van der Waals surface area (Å²) in [5.41, 5.74) is 1.11. The van der Waals surface area contributed by atoms with Crippen LogP contribution in [0.25, 0.3) is 0 Å². The van der Waals surface area contributed by atoms with Gasteiger partial charge < -0.3 is 15.1 Å². The number of nitrogens with one attached hydrogen (secondary N) is 2. The van der Waals surface area contributed by atoms with E-state index in [9.17, 15) is 4.79 Å². The second kappa shape index (κ2) is 9.32. The molecule has 0 atom stereocenters. The van der Waals surface area contributed by atoms with Crippen molar-refractivity contribution in [3.63, 3.8) is 0 Å². The molecule has 1 fully saturated rings. The minimum Gasteiger partial charge on any atom is -0.459 e. The standard InChI is InChI=1S/C19H24N2O2S.ClH/c1-19(8-10-20-11-9-19)14-21-18(22)17-15(7-12-23-17)13-24-16-5-3-2-4-6-16;/h2-7,12,20H,8-11,13-14H2,1H3,(H,21,22);1H. The SMILES string of the molecule is CC1(CNC(=O)c2occc2CSc2ccccc2)CCNCC1.Cl. The van der Waals surface area contributed by atoms with Gasteiger partial charge >= 0.3 is 0 Å². The summed E-state index contributed by atoms with van der Waals surface area (Å²) in [5.74, 6) is 1.06. The molecule has 6 heteroatoms. The zero-order chi connectivity index (χ0) is 16.8. The lowest BCUT2D eigenvalue weighted by Crippen LogP contribution is -2.42. The van der Waals surface area contributed by atoms with Crippen molar-refractivity contribution >= 4 is 30.1 Å². The Hall–Kier alpha value is -1.43. The van der Waals surface area contributed by atoms with Crippen molar-refractivity contribution in [1.29, 1.82) is 0 Å². The van der Waals surface area contributed by atoms with Crippen LogP contribution in [-0.4, -0.2) is 25.5 Å². The van der Waals surface area contributed by atoms with E-state index in [-0.39, 0.29) is 23.7 Å². The van der Waals surface area contributed by atoms with E-state index < -0.39 is 0 Å². The molecule has 1 aliphatic heterocycles. The number of hydrogen-bond acceptors (Lipinski definition) is 4. The molecule has 1 aromatic carbocycles. The first-order chi connectivity index (χ1) is 11.7. The molecule has 0 bridgehead atoms. The third-order valence-corrected chi connectivity index (χ3v) is 5.64. The topological polar surface area (TPSA) is 54.3 Å².